The predicted molar refractivity (Wildman–Crippen MR) is 162 cm³/mol. The lowest BCUT2D eigenvalue weighted by atomic mass is 9.46. The fraction of sp³-hybridized carbons (Fsp3) is 1.00. The van der Waals surface area contributed by atoms with Gasteiger partial charge in [0.15, 0.2) is 0 Å². The third-order valence-electron chi connectivity index (χ3n) is 11.8. The van der Waals surface area contributed by atoms with Gasteiger partial charge in [0.1, 0.15) is 0 Å². The lowest BCUT2D eigenvalue weighted by Crippen LogP contribution is -2.45. The molecule has 4 fully saturated rings. The first kappa shape index (κ1) is 30.6. The molecule has 0 spiro atoms. The third kappa shape index (κ3) is 8.04. The second kappa shape index (κ2) is 16.2. The molecule has 0 nitrogen and oxygen atoms in total. The van der Waals surface area contributed by atoms with Crippen LogP contribution in [0.3, 0.4) is 0 Å². The van der Waals surface area contributed by atoms with Crippen molar-refractivity contribution >= 4 is 7.85 Å². The molecule has 2 radical (unpaired) electrons. The minimum Gasteiger partial charge on any atom is -0.0713 e. The zero-order valence-corrected chi connectivity index (χ0v) is 25.5. The van der Waals surface area contributed by atoms with Crippen LogP contribution in [0.5, 0.6) is 0 Å². The highest BCUT2D eigenvalue weighted by molar-refractivity contribution is 6.12. The second-order valence-corrected chi connectivity index (χ2v) is 14.0. The van der Waals surface area contributed by atoms with Crippen molar-refractivity contribution in [2.75, 3.05) is 0 Å². The van der Waals surface area contributed by atoms with Crippen LogP contribution in [0.2, 0.25) is 5.82 Å². The summed E-state index contributed by atoms with van der Waals surface area (Å²) in [6.45, 7) is 12.2. The summed E-state index contributed by atoms with van der Waals surface area (Å²) in [5.74, 6) is 9.16. The number of fused-ring (bicyclic) bond motifs is 12. The molecule has 10 unspecified atom stereocenters. The maximum absolute atomic E-state index is 6.86. The molecule has 36 heavy (non-hydrogen) atoms. The summed E-state index contributed by atoms with van der Waals surface area (Å²) in [4.78, 5) is 0. The van der Waals surface area contributed by atoms with E-state index in [9.17, 15) is 0 Å². The quantitative estimate of drug-likeness (QED) is 0.293. The largest absolute Gasteiger partial charge is 0.0713 e. The van der Waals surface area contributed by atoms with Gasteiger partial charge in [0.2, 0.25) is 0 Å². The average Bonchev–Trinajstić information content (AvgIpc) is 2.87. The van der Waals surface area contributed by atoms with Crippen molar-refractivity contribution < 1.29 is 0 Å². The summed E-state index contributed by atoms with van der Waals surface area (Å²) in [7, 11) is 6.86. The van der Waals surface area contributed by atoms with Crippen molar-refractivity contribution in [1.82, 2.24) is 0 Å². The first-order valence-electron chi connectivity index (χ1n) is 17.3. The molecule has 10 atom stereocenters. The van der Waals surface area contributed by atoms with E-state index >= 15 is 0 Å². The Morgan fingerprint density at radius 1 is 0.472 bits per heavy atom. The van der Waals surface area contributed by atoms with E-state index in [0.717, 1.165) is 53.3 Å². The summed E-state index contributed by atoms with van der Waals surface area (Å²) in [6, 6.07) is 0. The molecule has 0 amide bonds. The van der Waals surface area contributed by atoms with Gasteiger partial charge in [-0.3, -0.25) is 0 Å². The molecule has 2 bridgehead atoms. The standard InChI is InChI=1S/C35H65B/c1-6-14-27-18-10-11-19-28(15-7-2)23-25-34-32(33(17-9-4)35(34)36)21-13-12-20-29-26(5)30(24-22-27)31(29)16-8-3/h26-35H,6-25H2,1-5H3. The normalized spacial score (nSPS) is 41.1. The molecule has 0 aliphatic heterocycles. The van der Waals surface area contributed by atoms with E-state index in [4.69, 9.17) is 7.85 Å². The van der Waals surface area contributed by atoms with E-state index in [1.54, 1.807) is 0 Å². The van der Waals surface area contributed by atoms with Crippen molar-refractivity contribution in [2.45, 2.75) is 169 Å². The van der Waals surface area contributed by atoms with Gasteiger partial charge < -0.3 is 0 Å². The van der Waals surface area contributed by atoms with Crippen molar-refractivity contribution in [3.05, 3.63) is 0 Å². The van der Waals surface area contributed by atoms with E-state index in [0.29, 0.717) is 5.82 Å². The highest BCUT2D eigenvalue weighted by Gasteiger charge is 2.47. The van der Waals surface area contributed by atoms with Crippen molar-refractivity contribution in [3.8, 4) is 0 Å². The minimum absolute atomic E-state index is 0.502. The van der Waals surface area contributed by atoms with Crippen LogP contribution in [0.1, 0.15) is 163 Å². The monoisotopic (exact) mass is 497 g/mol. The predicted octanol–water partition coefficient (Wildman–Crippen LogP) is 11.4. The van der Waals surface area contributed by atoms with Crippen LogP contribution < -0.4 is 0 Å². The molecule has 0 heterocycles. The van der Waals surface area contributed by atoms with Crippen molar-refractivity contribution in [3.63, 3.8) is 0 Å². The molecule has 208 valence electrons. The molecular formula is C35H65B. The number of rotatable bonds is 8. The fourth-order valence-corrected chi connectivity index (χ4v) is 9.78. The van der Waals surface area contributed by atoms with Gasteiger partial charge in [-0.1, -0.05) is 150 Å². The Kier molecular flexibility index (Phi) is 13.8. The molecule has 0 saturated heterocycles. The minimum atomic E-state index is 0.502. The lowest BCUT2D eigenvalue weighted by molar-refractivity contribution is -0.0333. The van der Waals surface area contributed by atoms with Crippen molar-refractivity contribution in [2.24, 2.45) is 53.3 Å². The van der Waals surface area contributed by atoms with Crippen LogP contribution in [0.4, 0.5) is 0 Å². The molecule has 4 aliphatic carbocycles. The summed E-state index contributed by atoms with van der Waals surface area (Å²) in [5, 5.41) is 0. The molecule has 1 heteroatoms. The van der Waals surface area contributed by atoms with Crippen molar-refractivity contribution in [1.29, 1.82) is 0 Å². The zero-order valence-electron chi connectivity index (χ0n) is 25.5. The molecule has 4 rings (SSSR count). The number of hydrogen-bond acceptors (Lipinski definition) is 0. The molecular weight excluding hydrogens is 431 g/mol. The van der Waals surface area contributed by atoms with E-state index in [1.807, 2.05) is 0 Å². The molecule has 0 aromatic rings. The topological polar surface area (TPSA) is 0 Å². The Morgan fingerprint density at radius 3 is 1.47 bits per heavy atom. The summed E-state index contributed by atoms with van der Waals surface area (Å²) in [6.07, 6.45) is 29.1. The van der Waals surface area contributed by atoms with Crippen LogP contribution >= 0.6 is 0 Å². The van der Waals surface area contributed by atoms with Gasteiger partial charge in [-0.25, -0.2) is 0 Å². The van der Waals surface area contributed by atoms with Gasteiger partial charge >= 0.3 is 0 Å². The maximum Gasteiger partial charge on any atom is 0.0707 e. The van der Waals surface area contributed by atoms with Crippen LogP contribution in [-0.2, 0) is 0 Å². The highest BCUT2D eigenvalue weighted by atomic mass is 14.5. The van der Waals surface area contributed by atoms with Crippen LogP contribution in [0, 0.1) is 53.3 Å². The van der Waals surface area contributed by atoms with Gasteiger partial charge in [0.05, 0.1) is 7.85 Å². The van der Waals surface area contributed by atoms with Crippen LogP contribution in [-0.4, -0.2) is 7.85 Å². The van der Waals surface area contributed by atoms with Crippen LogP contribution in [0.15, 0.2) is 0 Å². The van der Waals surface area contributed by atoms with Gasteiger partial charge in [0.25, 0.3) is 0 Å². The Bertz CT molecular complexity index is 571. The van der Waals surface area contributed by atoms with E-state index in [1.165, 1.54) is 128 Å². The van der Waals surface area contributed by atoms with Gasteiger partial charge in [-0.05, 0) is 72.5 Å². The number of hydrogen-bond donors (Lipinski definition) is 0. The Labute approximate surface area is 229 Å². The zero-order chi connectivity index (χ0) is 25.9. The average molecular weight is 497 g/mol. The van der Waals surface area contributed by atoms with Gasteiger partial charge in [-0.15, -0.1) is 0 Å². The Balaban J connectivity index is 1.66. The third-order valence-corrected chi connectivity index (χ3v) is 11.8. The Hall–Kier alpha value is 0.0649. The molecule has 4 saturated carbocycles. The van der Waals surface area contributed by atoms with Gasteiger partial charge in [-0.2, -0.15) is 0 Å². The molecule has 4 aliphatic rings. The molecule has 0 aromatic carbocycles. The second-order valence-electron chi connectivity index (χ2n) is 14.0. The Morgan fingerprint density at radius 2 is 0.917 bits per heavy atom. The first-order valence-corrected chi connectivity index (χ1v) is 17.3. The molecule has 0 aromatic heterocycles. The lowest BCUT2D eigenvalue weighted by Gasteiger charge is -2.53. The van der Waals surface area contributed by atoms with E-state index in [-0.39, 0.29) is 0 Å². The SMILES string of the molecule is [B]C1C(CCC)C2CCCCC3C(C)C(CCC(CCC)CCCCC(CCC)CCC12)C3CCC. The fourth-order valence-electron chi connectivity index (χ4n) is 9.78. The van der Waals surface area contributed by atoms with Crippen LogP contribution in [0.25, 0.3) is 0 Å². The maximum atomic E-state index is 6.86. The van der Waals surface area contributed by atoms with Gasteiger partial charge in [0, 0.05) is 0 Å². The molecule has 0 N–H and O–H groups in total. The summed E-state index contributed by atoms with van der Waals surface area (Å²) < 4.78 is 0. The smallest absolute Gasteiger partial charge is 0.0707 e. The highest BCUT2D eigenvalue weighted by Crippen LogP contribution is 2.56. The summed E-state index contributed by atoms with van der Waals surface area (Å²) >= 11 is 0. The van der Waals surface area contributed by atoms with E-state index in [2.05, 4.69) is 34.6 Å². The summed E-state index contributed by atoms with van der Waals surface area (Å²) in [5.41, 5.74) is 0. The first-order chi connectivity index (χ1) is 17.5. The van der Waals surface area contributed by atoms with E-state index < -0.39 is 0 Å².